The van der Waals surface area contributed by atoms with E-state index in [-0.39, 0.29) is 37.2 Å². The Morgan fingerprint density at radius 2 is 1.85 bits per heavy atom. The van der Waals surface area contributed by atoms with Gasteiger partial charge < -0.3 is 19.9 Å². The first-order valence-electron chi connectivity index (χ1n) is 8.92. The summed E-state index contributed by atoms with van der Waals surface area (Å²) in [6.07, 6.45) is 2.98. The van der Waals surface area contributed by atoms with Crippen LogP contribution in [0.2, 0.25) is 0 Å². The molecule has 0 bridgehead atoms. The number of pyridine rings is 1. The fourth-order valence-corrected chi connectivity index (χ4v) is 3.15. The third kappa shape index (κ3) is 7.51. The van der Waals surface area contributed by atoms with Gasteiger partial charge in [0.25, 0.3) is 0 Å². The van der Waals surface area contributed by atoms with E-state index in [4.69, 9.17) is 4.74 Å². The van der Waals surface area contributed by atoms with Gasteiger partial charge in [0.2, 0.25) is 0 Å². The predicted octanol–water partition coefficient (Wildman–Crippen LogP) is 3.95. The van der Waals surface area contributed by atoms with Crippen molar-refractivity contribution in [1.29, 1.82) is 0 Å². The molecule has 1 aromatic carbocycles. The summed E-state index contributed by atoms with van der Waals surface area (Å²) in [6.45, 7) is 9.51. The highest BCUT2D eigenvalue weighted by Gasteiger charge is 2.13. The minimum Gasteiger partial charge on any atom is -0.494 e. The highest BCUT2D eigenvalue weighted by Crippen LogP contribution is 2.27. The first kappa shape index (κ1) is 26.0. The molecule has 8 heteroatoms. The van der Waals surface area contributed by atoms with Gasteiger partial charge in [0, 0.05) is 50.4 Å². The van der Waals surface area contributed by atoms with Crippen LogP contribution in [0.15, 0.2) is 30.5 Å². The highest BCUT2D eigenvalue weighted by molar-refractivity contribution is 5.91. The van der Waals surface area contributed by atoms with Crippen LogP contribution < -0.4 is 10.1 Å². The van der Waals surface area contributed by atoms with Crippen molar-refractivity contribution in [1.82, 2.24) is 14.8 Å². The van der Waals surface area contributed by atoms with Crippen LogP contribution in [-0.2, 0) is 0 Å². The molecular formula is C19H31Cl3N4O. The summed E-state index contributed by atoms with van der Waals surface area (Å²) < 4.78 is 5.69. The third-order valence-corrected chi connectivity index (χ3v) is 4.55. The lowest BCUT2D eigenvalue weighted by Crippen LogP contribution is -2.44. The highest BCUT2D eigenvalue weighted by atomic mass is 35.5. The zero-order valence-electron chi connectivity index (χ0n) is 16.0. The second-order valence-corrected chi connectivity index (χ2v) is 6.40. The average molecular weight is 438 g/mol. The van der Waals surface area contributed by atoms with Crippen molar-refractivity contribution in [3.05, 3.63) is 30.5 Å². The number of rotatable bonds is 7. The number of hydrogen-bond donors (Lipinski definition) is 1. The minimum absolute atomic E-state index is 0. The molecule has 0 unspecified atom stereocenters. The maximum atomic E-state index is 5.69. The first-order valence-corrected chi connectivity index (χ1v) is 8.92. The lowest BCUT2D eigenvalue weighted by Gasteiger charge is -2.32. The average Bonchev–Trinajstić information content (AvgIpc) is 2.60. The van der Waals surface area contributed by atoms with Crippen LogP contribution in [0.4, 0.5) is 5.69 Å². The summed E-state index contributed by atoms with van der Waals surface area (Å²) >= 11 is 0. The van der Waals surface area contributed by atoms with Gasteiger partial charge in [-0.2, -0.15) is 0 Å². The Hall–Kier alpha value is -0.980. The Morgan fingerprint density at radius 1 is 1.11 bits per heavy atom. The van der Waals surface area contributed by atoms with Crippen molar-refractivity contribution in [2.24, 2.45) is 0 Å². The summed E-state index contributed by atoms with van der Waals surface area (Å²) in [5.74, 6) is 0.902. The van der Waals surface area contributed by atoms with Crippen LogP contribution in [-0.4, -0.2) is 67.7 Å². The number of hydrogen-bond acceptors (Lipinski definition) is 5. The summed E-state index contributed by atoms with van der Waals surface area (Å²) in [6, 6.07) is 8.17. The standard InChI is InChI=1S/C19H28N4O.3ClH/c1-3-24-17-14-16-6-4-7-21-19(16)18(15-17)20-8-5-9-23-12-10-22(2)11-13-23;;;/h4,6-7,14-15,20H,3,5,8-13H2,1-2H3;3*1H. The lowest BCUT2D eigenvalue weighted by atomic mass is 10.1. The summed E-state index contributed by atoms with van der Waals surface area (Å²) in [4.78, 5) is 9.47. The quantitative estimate of drug-likeness (QED) is 0.664. The third-order valence-electron chi connectivity index (χ3n) is 4.55. The van der Waals surface area contributed by atoms with Crippen molar-refractivity contribution in [2.45, 2.75) is 13.3 Å². The van der Waals surface area contributed by atoms with E-state index in [0.29, 0.717) is 6.61 Å². The van der Waals surface area contributed by atoms with Crippen molar-refractivity contribution in [3.63, 3.8) is 0 Å². The fourth-order valence-electron chi connectivity index (χ4n) is 3.15. The van der Waals surface area contributed by atoms with Gasteiger partial charge in [0.15, 0.2) is 0 Å². The van der Waals surface area contributed by atoms with Crippen molar-refractivity contribution in [3.8, 4) is 5.75 Å². The molecule has 5 nitrogen and oxygen atoms in total. The molecule has 1 fully saturated rings. The smallest absolute Gasteiger partial charge is 0.122 e. The van der Waals surface area contributed by atoms with E-state index >= 15 is 0 Å². The molecule has 2 aromatic rings. The predicted molar refractivity (Wildman–Crippen MR) is 122 cm³/mol. The van der Waals surface area contributed by atoms with Gasteiger partial charge >= 0.3 is 0 Å². The van der Waals surface area contributed by atoms with Crippen LogP contribution in [0.5, 0.6) is 5.75 Å². The number of halogens is 3. The molecule has 1 aliphatic rings. The Kier molecular flexibility index (Phi) is 12.8. The Labute approximate surface area is 181 Å². The van der Waals surface area contributed by atoms with E-state index in [1.807, 2.05) is 19.2 Å². The van der Waals surface area contributed by atoms with Gasteiger partial charge in [-0.15, -0.1) is 37.2 Å². The molecule has 2 heterocycles. The van der Waals surface area contributed by atoms with Gasteiger partial charge in [0.05, 0.1) is 17.8 Å². The number of benzene rings is 1. The van der Waals surface area contributed by atoms with E-state index in [1.54, 1.807) is 0 Å². The Morgan fingerprint density at radius 3 is 2.56 bits per heavy atom. The fraction of sp³-hybridized carbons (Fsp3) is 0.526. The molecule has 0 amide bonds. The van der Waals surface area contributed by atoms with Crippen LogP contribution in [0.25, 0.3) is 10.9 Å². The molecule has 1 aromatic heterocycles. The maximum Gasteiger partial charge on any atom is 0.122 e. The molecule has 3 rings (SSSR count). The monoisotopic (exact) mass is 436 g/mol. The van der Waals surface area contributed by atoms with Gasteiger partial charge in [-0.3, -0.25) is 4.98 Å². The van der Waals surface area contributed by atoms with Crippen LogP contribution >= 0.6 is 37.2 Å². The van der Waals surface area contributed by atoms with Crippen molar-refractivity contribution in [2.75, 3.05) is 58.2 Å². The van der Waals surface area contributed by atoms with E-state index in [1.165, 1.54) is 26.2 Å². The zero-order chi connectivity index (χ0) is 16.8. The second-order valence-electron chi connectivity index (χ2n) is 6.40. The number of anilines is 1. The maximum absolute atomic E-state index is 5.69. The molecule has 0 saturated carbocycles. The van der Waals surface area contributed by atoms with E-state index in [0.717, 1.165) is 41.9 Å². The Bertz CT molecular complexity index is 666. The molecule has 0 atom stereocenters. The molecule has 0 spiro atoms. The normalized spacial score (nSPS) is 14.6. The Balaban J connectivity index is 0.00000225. The number of piperazine rings is 1. The first-order chi connectivity index (χ1) is 11.8. The minimum atomic E-state index is 0. The van der Waals surface area contributed by atoms with E-state index in [9.17, 15) is 0 Å². The number of likely N-dealkylation sites (N-methyl/N-ethyl adjacent to an activating group) is 1. The second kappa shape index (κ2) is 13.2. The molecule has 0 aliphatic carbocycles. The van der Waals surface area contributed by atoms with Crippen LogP contribution in [0.1, 0.15) is 13.3 Å². The number of ether oxygens (including phenoxy) is 1. The molecular weight excluding hydrogens is 407 g/mol. The van der Waals surface area contributed by atoms with Gasteiger partial charge in [0.1, 0.15) is 5.75 Å². The molecule has 1 saturated heterocycles. The van der Waals surface area contributed by atoms with Gasteiger partial charge in [-0.25, -0.2) is 0 Å². The summed E-state index contributed by atoms with van der Waals surface area (Å²) in [7, 11) is 2.20. The largest absolute Gasteiger partial charge is 0.494 e. The number of fused-ring (bicyclic) bond motifs is 1. The van der Waals surface area contributed by atoms with E-state index < -0.39 is 0 Å². The number of aromatic nitrogens is 1. The number of nitrogens with one attached hydrogen (secondary N) is 1. The van der Waals surface area contributed by atoms with Gasteiger partial charge in [-0.1, -0.05) is 6.07 Å². The van der Waals surface area contributed by atoms with Crippen molar-refractivity contribution < 1.29 is 4.74 Å². The van der Waals surface area contributed by atoms with Crippen LogP contribution in [0, 0.1) is 0 Å². The van der Waals surface area contributed by atoms with Gasteiger partial charge in [-0.05, 0) is 39.1 Å². The molecule has 154 valence electrons. The topological polar surface area (TPSA) is 40.6 Å². The SMILES string of the molecule is CCOc1cc(NCCCN2CCN(C)CC2)c2ncccc2c1.Cl.Cl.Cl. The van der Waals surface area contributed by atoms with Crippen LogP contribution in [0.3, 0.4) is 0 Å². The molecule has 0 radical (unpaired) electrons. The molecule has 1 aliphatic heterocycles. The summed E-state index contributed by atoms with van der Waals surface area (Å²) in [5.41, 5.74) is 2.08. The molecule has 27 heavy (non-hydrogen) atoms. The van der Waals surface area contributed by atoms with E-state index in [2.05, 4.69) is 45.3 Å². The van der Waals surface area contributed by atoms with Crippen molar-refractivity contribution >= 4 is 53.8 Å². The number of nitrogens with zero attached hydrogens (tertiary/aromatic N) is 3. The lowest BCUT2D eigenvalue weighted by molar-refractivity contribution is 0.154. The zero-order valence-corrected chi connectivity index (χ0v) is 18.5. The molecule has 1 N–H and O–H groups in total. The summed E-state index contributed by atoms with van der Waals surface area (Å²) in [5, 5.41) is 4.67.